The molecule has 1 amide bonds. The molecule has 0 saturated heterocycles. The highest BCUT2D eigenvalue weighted by Gasteiger charge is 2.26. The molecule has 0 fully saturated rings. The quantitative estimate of drug-likeness (QED) is 0.355. The van der Waals surface area contributed by atoms with Gasteiger partial charge in [-0.2, -0.15) is 19.0 Å². The second kappa shape index (κ2) is 9.18. The largest absolute Gasteiger partial charge is 0.434 e. The number of aryl methyl sites for hydroxylation is 1. The average molecular weight is 493 g/mol. The highest BCUT2D eigenvalue weighted by molar-refractivity contribution is 7.99. The Morgan fingerprint density at radius 1 is 1.03 bits per heavy atom. The first-order valence-electron chi connectivity index (χ1n) is 10.4. The molecular formula is C24H18F2N6O2S. The van der Waals surface area contributed by atoms with E-state index in [9.17, 15) is 13.6 Å². The Labute approximate surface area is 202 Å². The van der Waals surface area contributed by atoms with E-state index in [-0.39, 0.29) is 22.7 Å². The molecule has 5 aromatic rings. The predicted molar refractivity (Wildman–Crippen MR) is 126 cm³/mol. The lowest BCUT2D eigenvalue weighted by atomic mass is 10.0. The molecule has 3 aromatic heterocycles. The fourth-order valence-electron chi connectivity index (χ4n) is 3.74. The third kappa shape index (κ3) is 4.45. The summed E-state index contributed by atoms with van der Waals surface area (Å²) < 4.78 is 34.3. The van der Waals surface area contributed by atoms with Crippen molar-refractivity contribution in [1.29, 1.82) is 0 Å². The van der Waals surface area contributed by atoms with Gasteiger partial charge in [-0.1, -0.05) is 30.0 Å². The molecule has 0 atom stereocenters. The first-order chi connectivity index (χ1) is 16.9. The molecule has 176 valence electrons. The van der Waals surface area contributed by atoms with Gasteiger partial charge in [0, 0.05) is 46.6 Å². The van der Waals surface area contributed by atoms with E-state index in [1.807, 2.05) is 30.3 Å². The Morgan fingerprint density at radius 3 is 2.57 bits per heavy atom. The van der Waals surface area contributed by atoms with Gasteiger partial charge in [0.2, 0.25) is 0 Å². The van der Waals surface area contributed by atoms with Crippen LogP contribution in [0.15, 0.2) is 83.0 Å². The number of alkyl halides is 2. The lowest BCUT2D eigenvalue weighted by Crippen LogP contribution is -2.12. The number of hydrogen-bond donors (Lipinski definition) is 1. The van der Waals surface area contributed by atoms with Gasteiger partial charge in [-0.05, 0) is 36.4 Å². The highest BCUT2D eigenvalue weighted by atomic mass is 32.2. The van der Waals surface area contributed by atoms with Gasteiger partial charge in [0.25, 0.3) is 5.91 Å². The standard InChI is InChI=1S/C24H18F2N6O2S/c1-31-13-17(21-19(22(27)33)23-28-10-5-11-32(23)30-21)20(29-31)16-12-15(8-9-18(16)34-24(25)26)35-14-6-3-2-4-7-14/h2-13,24H,1H3,(H2,27,33). The highest BCUT2D eigenvalue weighted by Crippen LogP contribution is 2.41. The predicted octanol–water partition coefficient (Wildman–Crippen LogP) is 4.65. The van der Waals surface area contributed by atoms with Crippen molar-refractivity contribution in [3.63, 3.8) is 0 Å². The van der Waals surface area contributed by atoms with Crippen LogP contribution in [-0.4, -0.2) is 36.9 Å². The van der Waals surface area contributed by atoms with Crippen molar-refractivity contribution in [2.24, 2.45) is 12.8 Å². The van der Waals surface area contributed by atoms with E-state index in [0.29, 0.717) is 16.8 Å². The molecule has 0 spiro atoms. The summed E-state index contributed by atoms with van der Waals surface area (Å²) in [7, 11) is 1.68. The number of nitrogens with two attached hydrogens (primary N) is 1. The number of carbonyl (C=O) groups is 1. The molecule has 2 N–H and O–H groups in total. The minimum absolute atomic E-state index is 0.0557. The van der Waals surface area contributed by atoms with Crippen molar-refractivity contribution in [3.05, 3.63) is 78.8 Å². The van der Waals surface area contributed by atoms with E-state index in [0.717, 1.165) is 9.79 Å². The Morgan fingerprint density at radius 2 is 1.83 bits per heavy atom. The van der Waals surface area contributed by atoms with Crippen LogP contribution in [0.4, 0.5) is 8.78 Å². The summed E-state index contributed by atoms with van der Waals surface area (Å²) in [4.78, 5) is 18.4. The minimum atomic E-state index is -3.03. The number of hydrogen-bond acceptors (Lipinski definition) is 6. The first-order valence-corrected chi connectivity index (χ1v) is 11.2. The van der Waals surface area contributed by atoms with Crippen LogP contribution < -0.4 is 10.5 Å². The number of fused-ring (bicyclic) bond motifs is 1. The van der Waals surface area contributed by atoms with E-state index >= 15 is 0 Å². The van der Waals surface area contributed by atoms with Gasteiger partial charge in [-0.15, -0.1) is 0 Å². The number of nitrogens with zero attached hydrogens (tertiary/aromatic N) is 5. The average Bonchev–Trinajstić information content (AvgIpc) is 3.41. The third-order valence-corrected chi connectivity index (χ3v) is 6.12. The summed E-state index contributed by atoms with van der Waals surface area (Å²) in [6, 6.07) is 16.2. The molecule has 0 aliphatic carbocycles. The van der Waals surface area contributed by atoms with E-state index in [4.69, 9.17) is 10.5 Å². The summed E-state index contributed by atoms with van der Waals surface area (Å²) >= 11 is 1.46. The van der Waals surface area contributed by atoms with Gasteiger partial charge in [-0.25, -0.2) is 9.50 Å². The second-order valence-electron chi connectivity index (χ2n) is 7.49. The smallest absolute Gasteiger partial charge is 0.387 e. The van der Waals surface area contributed by atoms with Crippen LogP contribution in [0.2, 0.25) is 0 Å². The summed E-state index contributed by atoms with van der Waals surface area (Å²) in [6.45, 7) is -3.03. The van der Waals surface area contributed by atoms with Crippen LogP contribution in [-0.2, 0) is 7.05 Å². The molecule has 0 bridgehead atoms. The van der Waals surface area contributed by atoms with Crippen LogP contribution in [0.5, 0.6) is 5.75 Å². The van der Waals surface area contributed by atoms with Gasteiger partial charge in [0.05, 0.1) is 0 Å². The molecule has 5 rings (SSSR count). The van der Waals surface area contributed by atoms with Crippen molar-refractivity contribution in [1.82, 2.24) is 24.4 Å². The molecular weight excluding hydrogens is 474 g/mol. The summed E-state index contributed by atoms with van der Waals surface area (Å²) in [5.41, 5.74) is 7.35. The second-order valence-corrected chi connectivity index (χ2v) is 8.64. The molecule has 0 aliphatic rings. The number of amides is 1. The number of primary amides is 1. The Balaban J connectivity index is 1.70. The Hall–Kier alpha value is -4.25. The van der Waals surface area contributed by atoms with Crippen molar-refractivity contribution in [2.75, 3.05) is 0 Å². The zero-order valence-corrected chi connectivity index (χ0v) is 19.1. The summed E-state index contributed by atoms with van der Waals surface area (Å²) in [6.07, 6.45) is 4.81. The maximum Gasteiger partial charge on any atom is 0.387 e. The maximum atomic E-state index is 13.3. The summed E-state index contributed by atoms with van der Waals surface area (Å²) in [5, 5.41) is 8.99. The van der Waals surface area contributed by atoms with Crippen molar-refractivity contribution in [3.8, 4) is 28.3 Å². The minimum Gasteiger partial charge on any atom is -0.434 e. The molecule has 35 heavy (non-hydrogen) atoms. The molecule has 8 nitrogen and oxygen atoms in total. The lowest BCUT2D eigenvalue weighted by Gasteiger charge is -2.12. The molecule has 11 heteroatoms. The van der Waals surface area contributed by atoms with E-state index in [1.165, 1.54) is 33.2 Å². The van der Waals surface area contributed by atoms with Crippen LogP contribution in [0.1, 0.15) is 10.4 Å². The van der Waals surface area contributed by atoms with Gasteiger partial charge in [-0.3, -0.25) is 9.48 Å². The Bertz CT molecular complexity index is 1530. The van der Waals surface area contributed by atoms with Crippen LogP contribution >= 0.6 is 11.8 Å². The van der Waals surface area contributed by atoms with Crippen molar-refractivity contribution >= 4 is 23.3 Å². The molecule has 0 unspecified atom stereocenters. The van der Waals surface area contributed by atoms with Gasteiger partial charge >= 0.3 is 6.61 Å². The molecule has 2 aromatic carbocycles. The van der Waals surface area contributed by atoms with Gasteiger partial charge in [0.1, 0.15) is 22.7 Å². The zero-order chi connectivity index (χ0) is 24.5. The number of benzene rings is 2. The fourth-order valence-corrected chi connectivity index (χ4v) is 4.62. The fraction of sp³-hybridized carbons (Fsp3) is 0.0833. The maximum absolute atomic E-state index is 13.3. The number of rotatable bonds is 7. The SMILES string of the molecule is Cn1cc(-c2nn3cccnc3c2C(N)=O)c(-c2cc(Sc3ccccc3)ccc2OC(F)F)n1. The zero-order valence-electron chi connectivity index (χ0n) is 18.3. The normalized spacial score (nSPS) is 11.3. The molecule has 3 heterocycles. The van der Waals surface area contributed by atoms with Crippen LogP contribution in [0.25, 0.3) is 28.2 Å². The number of halogens is 2. The van der Waals surface area contributed by atoms with Crippen molar-refractivity contribution < 1.29 is 18.3 Å². The Kier molecular flexibility index (Phi) is 5.91. The number of ether oxygens (including phenoxy) is 1. The number of carbonyl (C=O) groups excluding carboxylic acids is 1. The molecule has 0 saturated carbocycles. The molecule has 0 radical (unpaired) electrons. The summed E-state index contributed by atoms with van der Waals surface area (Å²) in [5.74, 6) is -0.777. The van der Waals surface area contributed by atoms with Crippen LogP contribution in [0.3, 0.4) is 0 Å². The van der Waals surface area contributed by atoms with E-state index in [2.05, 4.69) is 15.2 Å². The molecule has 0 aliphatic heterocycles. The van der Waals surface area contributed by atoms with Crippen LogP contribution in [0, 0.1) is 0 Å². The van der Waals surface area contributed by atoms with Gasteiger partial charge in [0.15, 0.2) is 5.65 Å². The van der Waals surface area contributed by atoms with E-state index < -0.39 is 12.5 Å². The monoisotopic (exact) mass is 492 g/mol. The van der Waals surface area contributed by atoms with E-state index in [1.54, 1.807) is 37.6 Å². The third-order valence-electron chi connectivity index (χ3n) is 5.13. The topological polar surface area (TPSA) is 100 Å². The lowest BCUT2D eigenvalue weighted by molar-refractivity contribution is -0.0494. The first kappa shape index (κ1) is 22.5. The van der Waals surface area contributed by atoms with Crippen molar-refractivity contribution in [2.45, 2.75) is 16.4 Å². The number of aromatic nitrogens is 5. The van der Waals surface area contributed by atoms with Gasteiger partial charge < -0.3 is 10.5 Å².